The van der Waals surface area contributed by atoms with E-state index in [1.165, 1.54) is 12.0 Å². The van der Waals surface area contributed by atoms with Crippen molar-refractivity contribution in [2.75, 3.05) is 17.3 Å². The maximum atomic E-state index is 12.1. The Morgan fingerprint density at radius 2 is 2.17 bits per heavy atom. The van der Waals surface area contributed by atoms with E-state index in [4.69, 9.17) is 4.74 Å². The van der Waals surface area contributed by atoms with Crippen LogP contribution in [0.4, 0.5) is 5.69 Å². The summed E-state index contributed by atoms with van der Waals surface area (Å²) in [5.74, 6) is -0.0747. The molecule has 1 saturated heterocycles. The second-order valence-corrected chi connectivity index (χ2v) is 4.95. The van der Waals surface area contributed by atoms with E-state index in [0.717, 1.165) is 5.56 Å². The van der Waals surface area contributed by atoms with E-state index >= 15 is 0 Å². The highest BCUT2D eigenvalue weighted by Crippen LogP contribution is 2.34. The highest BCUT2D eigenvalue weighted by molar-refractivity contribution is 9.09. The number of nitrogens with zero attached hydrogens (tertiary/aromatic N) is 1. The van der Waals surface area contributed by atoms with Gasteiger partial charge in [0, 0.05) is 11.8 Å². The number of benzene rings is 1. The van der Waals surface area contributed by atoms with Gasteiger partial charge in [-0.05, 0) is 24.6 Å². The number of anilines is 1. The predicted octanol–water partition coefficient (Wildman–Crippen LogP) is 2.28. The molecular formula is C13H14BrNO3. The van der Waals surface area contributed by atoms with Gasteiger partial charge in [0.2, 0.25) is 11.8 Å². The van der Waals surface area contributed by atoms with Crippen molar-refractivity contribution in [3.05, 3.63) is 23.8 Å². The molecule has 0 aliphatic carbocycles. The van der Waals surface area contributed by atoms with Gasteiger partial charge in [-0.3, -0.25) is 9.59 Å². The summed E-state index contributed by atoms with van der Waals surface area (Å²) in [5, 5.41) is 0.502. The van der Waals surface area contributed by atoms with Gasteiger partial charge in [0.25, 0.3) is 0 Å². The van der Waals surface area contributed by atoms with E-state index in [-0.39, 0.29) is 24.2 Å². The lowest BCUT2D eigenvalue weighted by Gasteiger charge is -2.18. The highest BCUT2D eigenvalue weighted by Gasteiger charge is 2.39. The first kappa shape index (κ1) is 13.1. The van der Waals surface area contributed by atoms with Crippen molar-refractivity contribution in [2.45, 2.75) is 13.3 Å². The van der Waals surface area contributed by atoms with Crippen LogP contribution in [-0.4, -0.2) is 24.3 Å². The molecule has 2 amide bonds. The number of alkyl halides is 1. The van der Waals surface area contributed by atoms with E-state index in [1.54, 1.807) is 12.1 Å². The zero-order valence-electron chi connectivity index (χ0n) is 10.3. The molecule has 1 aliphatic rings. The highest BCUT2D eigenvalue weighted by atomic mass is 79.9. The summed E-state index contributed by atoms with van der Waals surface area (Å²) in [6.45, 7) is 1.91. The van der Waals surface area contributed by atoms with E-state index in [0.29, 0.717) is 16.8 Å². The van der Waals surface area contributed by atoms with Crippen LogP contribution in [0, 0.1) is 12.8 Å². The van der Waals surface area contributed by atoms with Gasteiger partial charge in [-0.25, -0.2) is 4.90 Å². The third kappa shape index (κ3) is 2.14. The largest absolute Gasteiger partial charge is 0.495 e. The van der Waals surface area contributed by atoms with Crippen LogP contribution in [-0.2, 0) is 9.59 Å². The van der Waals surface area contributed by atoms with Crippen molar-refractivity contribution in [3.63, 3.8) is 0 Å². The number of ether oxygens (including phenoxy) is 1. The van der Waals surface area contributed by atoms with Gasteiger partial charge in [0.15, 0.2) is 0 Å². The van der Waals surface area contributed by atoms with Crippen LogP contribution in [0.15, 0.2) is 18.2 Å². The molecule has 1 atom stereocenters. The van der Waals surface area contributed by atoms with E-state index in [9.17, 15) is 9.59 Å². The number of hydrogen-bond acceptors (Lipinski definition) is 3. The summed E-state index contributed by atoms with van der Waals surface area (Å²) in [4.78, 5) is 25.3. The summed E-state index contributed by atoms with van der Waals surface area (Å²) in [6, 6.07) is 5.45. The summed E-state index contributed by atoms with van der Waals surface area (Å²) in [5.41, 5.74) is 1.52. The van der Waals surface area contributed by atoms with Crippen molar-refractivity contribution in [3.8, 4) is 5.75 Å². The zero-order valence-corrected chi connectivity index (χ0v) is 11.9. The Hall–Kier alpha value is -1.36. The van der Waals surface area contributed by atoms with Crippen molar-refractivity contribution in [1.82, 2.24) is 0 Å². The average molecular weight is 312 g/mol. The van der Waals surface area contributed by atoms with Crippen LogP contribution in [0.25, 0.3) is 0 Å². The summed E-state index contributed by atoms with van der Waals surface area (Å²) in [7, 11) is 1.53. The van der Waals surface area contributed by atoms with Crippen LogP contribution in [0.2, 0.25) is 0 Å². The third-order valence-electron chi connectivity index (χ3n) is 3.00. The molecule has 1 heterocycles. The van der Waals surface area contributed by atoms with Crippen LogP contribution in [0.3, 0.4) is 0 Å². The second-order valence-electron chi connectivity index (χ2n) is 4.30. The molecule has 1 aromatic carbocycles. The summed E-state index contributed by atoms with van der Waals surface area (Å²) in [6.07, 6.45) is 0.251. The molecule has 0 bridgehead atoms. The van der Waals surface area contributed by atoms with Crippen molar-refractivity contribution < 1.29 is 14.3 Å². The number of imide groups is 1. The zero-order chi connectivity index (χ0) is 13.3. The molecule has 0 spiro atoms. The lowest BCUT2D eigenvalue weighted by atomic mass is 10.1. The van der Waals surface area contributed by atoms with Gasteiger partial charge in [0.1, 0.15) is 5.75 Å². The fraction of sp³-hybridized carbons (Fsp3) is 0.385. The Bertz CT molecular complexity index is 501. The van der Waals surface area contributed by atoms with E-state index < -0.39 is 0 Å². The van der Waals surface area contributed by atoms with E-state index in [1.807, 2.05) is 13.0 Å². The first-order valence-corrected chi connectivity index (χ1v) is 6.78. The Kier molecular flexibility index (Phi) is 3.71. The fourth-order valence-electron chi connectivity index (χ4n) is 2.04. The van der Waals surface area contributed by atoms with Crippen LogP contribution in [0.5, 0.6) is 5.75 Å². The Balaban J connectivity index is 2.45. The molecule has 0 N–H and O–H groups in total. The van der Waals surface area contributed by atoms with Gasteiger partial charge in [-0.2, -0.15) is 0 Å². The number of carbonyl (C=O) groups excluding carboxylic acids is 2. The summed E-state index contributed by atoms with van der Waals surface area (Å²) < 4.78 is 5.22. The first-order valence-electron chi connectivity index (χ1n) is 5.66. The molecule has 1 fully saturated rings. The van der Waals surface area contributed by atoms with Gasteiger partial charge in [-0.15, -0.1) is 0 Å². The molecule has 1 aliphatic heterocycles. The first-order chi connectivity index (χ1) is 8.58. The van der Waals surface area contributed by atoms with Gasteiger partial charge >= 0.3 is 0 Å². The van der Waals surface area contributed by atoms with Crippen molar-refractivity contribution in [2.24, 2.45) is 5.92 Å². The van der Waals surface area contributed by atoms with Crippen LogP contribution < -0.4 is 9.64 Å². The SMILES string of the molecule is COc1ccc(C)cc1N1C(=O)CC(CBr)C1=O. The van der Waals surface area contributed by atoms with E-state index in [2.05, 4.69) is 15.9 Å². The minimum atomic E-state index is -0.275. The number of halogens is 1. The van der Waals surface area contributed by atoms with Crippen LogP contribution >= 0.6 is 15.9 Å². The normalized spacial score (nSPS) is 19.5. The van der Waals surface area contributed by atoms with Gasteiger partial charge in [-0.1, -0.05) is 22.0 Å². The average Bonchev–Trinajstić information content (AvgIpc) is 2.64. The molecule has 4 nitrogen and oxygen atoms in total. The smallest absolute Gasteiger partial charge is 0.238 e. The molecule has 1 aromatic rings. The lowest BCUT2D eigenvalue weighted by molar-refractivity contribution is -0.122. The maximum Gasteiger partial charge on any atom is 0.238 e. The second kappa shape index (κ2) is 5.10. The minimum Gasteiger partial charge on any atom is -0.495 e. The molecule has 18 heavy (non-hydrogen) atoms. The molecule has 5 heteroatoms. The summed E-state index contributed by atoms with van der Waals surface area (Å²) >= 11 is 3.26. The number of carbonyl (C=O) groups is 2. The molecule has 0 saturated carbocycles. The van der Waals surface area contributed by atoms with Crippen molar-refractivity contribution >= 4 is 33.4 Å². The minimum absolute atomic E-state index is 0.166. The number of rotatable bonds is 3. The standard InChI is InChI=1S/C13H14BrNO3/c1-8-3-4-11(18-2)10(5-8)15-12(16)6-9(7-14)13(15)17/h3-5,9H,6-7H2,1-2H3. The van der Waals surface area contributed by atoms with Crippen LogP contribution in [0.1, 0.15) is 12.0 Å². The van der Waals surface area contributed by atoms with Gasteiger partial charge in [0.05, 0.1) is 18.7 Å². The monoisotopic (exact) mass is 311 g/mol. The number of hydrogen-bond donors (Lipinski definition) is 0. The lowest BCUT2D eigenvalue weighted by Crippen LogP contribution is -2.31. The Morgan fingerprint density at radius 1 is 1.44 bits per heavy atom. The quantitative estimate of drug-likeness (QED) is 0.635. The molecule has 2 rings (SSSR count). The molecule has 0 radical (unpaired) electrons. The Labute approximate surface area is 114 Å². The fourth-order valence-corrected chi connectivity index (χ4v) is 2.55. The number of methoxy groups -OCH3 is 1. The number of aryl methyl sites for hydroxylation is 1. The Morgan fingerprint density at radius 3 is 2.72 bits per heavy atom. The molecule has 96 valence electrons. The molecule has 1 unspecified atom stereocenters. The molecular weight excluding hydrogens is 298 g/mol. The maximum absolute atomic E-state index is 12.1. The predicted molar refractivity (Wildman–Crippen MR) is 72.1 cm³/mol. The number of amides is 2. The molecule has 0 aromatic heterocycles. The topological polar surface area (TPSA) is 46.6 Å². The third-order valence-corrected chi connectivity index (χ3v) is 3.78. The van der Waals surface area contributed by atoms with Crippen molar-refractivity contribution in [1.29, 1.82) is 0 Å². The van der Waals surface area contributed by atoms with Gasteiger partial charge < -0.3 is 4.74 Å².